The first kappa shape index (κ1) is 38.1. The van der Waals surface area contributed by atoms with Crippen molar-refractivity contribution in [3.05, 3.63) is 0 Å². The second-order valence-electron chi connectivity index (χ2n) is 16.4. The van der Waals surface area contributed by atoms with Crippen LogP contribution in [-0.2, 0) is 9.59 Å². The first-order valence-corrected chi connectivity index (χ1v) is 20.0. The van der Waals surface area contributed by atoms with Gasteiger partial charge in [0.1, 0.15) is 11.8 Å². The average molecular weight is 665 g/mol. The summed E-state index contributed by atoms with van der Waals surface area (Å²) in [4.78, 5) is 24.0. The molecule has 46 heavy (non-hydrogen) atoms. The number of carboxylic acids is 1. The Morgan fingerprint density at radius 3 is 2.39 bits per heavy atom. The zero-order valence-electron chi connectivity index (χ0n) is 29.5. The minimum absolute atomic E-state index is 0.0782. The van der Waals surface area contributed by atoms with Gasteiger partial charge in [0.2, 0.25) is 0 Å². The lowest BCUT2D eigenvalue weighted by Crippen LogP contribution is -2.59. The molecule has 2 unspecified atom stereocenters. The number of nitrogens with two attached hydrogens (primary N) is 2. The summed E-state index contributed by atoms with van der Waals surface area (Å²) in [5.41, 5.74) is 11.8. The van der Waals surface area contributed by atoms with E-state index < -0.39 is 12.0 Å². The number of aliphatic carboxylic acids is 1. The molecule has 12 atom stereocenters. The lowest BCUT2D eigenvalue weighted by molar-refractivity contribution is -0.167. The number of carbonyl (C=O) groups is 2. The van der Waals surface area contributed by atoms with E-state index in [0.717, 1.165) is 58.3 Å². The summed E-state index contributed by atoms with van der Waals surface area (Å²) in [5, 5.41) is 28.2. The van der Waals surface area contributed by atoms with Gasteiger partial charge in [-0.2, -0.15) is 11.8 Å². The number of nitrogens with one attached hydrogen (secondary N) is 2. The smallest absolute Gasteiger partial charge is 0.321 e. The molecule has 4 saturated carbocycles. The van der Waals surface area contributed by atoms with Crippen LogP contribution in [0.5, 0.6) is 0 Å². The number of thioether (sulfide) groups is 1. The quantitative estimate of drug-likeness (QED) is 0.104. The van der Waals surface area contributed by atoms with Crippen molar-refractivity contribution in [3.63, 3.8) is 0 Å². The van der Waals surface area contributed by atoms with Crippen molar-refractivity contribution >= 4 is 23.5 Å². The van der Waals surface area contributed by atoms with Gasteiger partial charge in [0.15, 0.2) is 0 Å². The van der Waals surface area contributed by atoms with Gasteiger partial charge in [-0.25, -0.2) is 0 Å². The molecule has 9 heteroatoms. The van der Waals surface area contributed by atoms with Crippen molar-refractivity contribution in [2.75, 3.05) is 37.7 Å². The summed E-state index contributed by atoms with van der Waals surface area (Å²) in [6.07, 6.45) is 14.4. The molecule has 0 aromatic rings. The molecule has 0 spiro atoms. The van der Waals surface area contributed by atoms with Gasteiger partial charge in [0.25, 0.3) is 0 Å². The number of Topliss-reactive ketones (excluding diaryl/α,β-unsaturated/α-hetero) is 1. The van der Waals surface area contributed by atoms with Crippen LogP contribution in [0.1, 0.15) is 111 Å². The standard InChI is InChI=1S/C37H68N4O4S/c1-24(8-11-32(42)25(2)22-46-23-31(39)35(44)45)28-9-10-29-34-30(13-15-37(28,29)4)36(3)14-12-27(20-26(36)21-33(34)43)41-19-7-18-40-17-6-5-16-38/h24-31,33-34,40-41,43H,5-23,38-39H2,1-4H3,(H,44,45)/t24-,25?,26-,27+,28-,29+,30+,31?,33-,34+,36+,37-/m1/s1. The van der Waals surface area contributed by atoms with E-state index in [1.54, 1.807) is 0 Å². The van der Waals surface area contributed by atoms with Crippen molar-refractivity contribution in [2.45, 2.75) is 129 Å². The van der Waals surface area contributed by atoms with Crippen LogP contribution < -0.4 is 22.1 Å². The molecule has 4 fully saturated rings. The molecule has 0 amide bonds. The van der Waals surface area contributed by atoms with Crippen molar-refractivity contribution in [1.29, 1.82) is 0 Å². The fourth-order valence-corrected chi connectivity index (χ4v) is 11.8. The van der Waals surface area contributed by atoms with Gasteiger partial charge in [0.05, 0.1) is 6.10 Å². The van der Waals surface area contributed by atoms with Crippen molar-refractivity contribution in [2.24, 2.45) is 63.7 Å². The molecule has 0 heterocycles. The van der Waals surface area contributed by atoms with Gasteiger partial charge in [-0.1, -0.05) is 27.7 Å². The molecular weight excluding hydrogens is 596 g/mol. The molecule has 0 radical (unpaired) electrons. The SMILES string of the molecule is CC(CSCC(N)C(=O)O)C(=O)CC[C@@H](C)[C@H]1CC[C@H]2[C@@H]3[C@H](O)C[C@H]4C[C@@H](NCCCNCCCCN)CC[C@]4(C)[C@H]3CC[C@]12C. The lowest BCUT2D eigenvalue weighted by Gasteiger charge is -2.62. The predicted octanol–water partition coefficient (Wildman–Crippen LogP) is 5.06. The van der Waals surface area contributed by atoms with Gasteiger partial charge in [-0.3, -0.25) is 9.59 Å². The van der Waals surface area contributed by atoms with Crippen molar-refractivity contribution < 1.29 is 19.8 Å². The van der Waals surface area contributed by atoms with Crippen LogP contribution >= 0.6 is 11.8 Å². The van der Waals surface area contributed by atoms with E-state index in [4.69, 9.17) is 16.6 Å². The highest BCUT2D eigenvalue weighted by Crippen LogP contribution is 2.68. The maximum Gasteiger partial charge on any atom is 0.321 e. The van der Waals surface area contributed by atoms with Gasteiger partial charge in [-0.05, 0) is 150 Å². The van der Waals surface area contributed by atoms with Gasteiger partial charge in [0, 0.05) is 29.9 Å². The monoisotopic (exact) mass is 664 g/mol. The van der Waals surface area contributed by atoms with Gasteiger partial charge >= 0.3 is 5.97 Å². The van der Waals surface area contributed by atoms with Crippen LogP contribution in [0.4, 0.5) is 0 Å². The van der Waals surface area contributed by atoms with Crippen LogP contribution in [-0.4, -0.2) is 77.8 Å². The Balaban J connectivity index is 1.25. The lowest BCUT2D eigenvalue weighted by atomic mass is 9.43. The molecule has 0 saturated heterocycles. The highest BCUT2D eigenvalue weighted by atomic mass is 32.2. The summed E-state index contributed by atoms with van der Waals surface area (Å²) in [6, 6.07) is -0.294. The number of unbranched alkanes of at least 4 members (excludes halogenated alkanes) is 1. The number of hydrogen-bond donors (Lipinski definition) is 6. The zero-order valence-corrected chi connectivity index (χ0v) is 30.3. The number of aliphatic hydroxyl groups excluding tert-OH is 1. The molecule has 266 valence electrons. The summed E-state index contributed by atoms with van der Waals surface area (Å²) in [5.74, 6) is 3.52. The van der Waals surface area contributed by atoms with E-state index in [9.17, 15) is 14.7 Å². The molecule has 0 aromatic heterocycles. The molecule has 8 nitrogen and oxygen atoms in total. The first-order chi connectivity index (χ1) is 21.9. The van der Waals surface area contributed by atoms with Crippen LogP contribution in [0.25, 0.3) is 0 Å². The van der Waals surface area contributed by atoms with Crippen LogP contribution in [0.15, 0.2) is 0 Å². The van der Waals surface area contributed by atoms with Gasteiger partial charge < -0.3 is 32.3 Å². The molecular formula is C37H68N4O4S. The molecule has 0 aliphatic heterocycles. The van der Waals surface area contributed by atoms with E-state index in [2.05, 4.69) is 31.4 Å². The molecule has 0 bridgehead atoms. The summed E-state index contributed by atoms with van der Waals surface area (Å²) >= 11 is 1.47. The summed E-state index contributed by atoms with van der Waals surface area (Å²) in [6.45, 7) is 13.4. The first-order valence-electron chi connectivity index (χ1n) is 18.8. The third kappa shape index (κ3) is 8.90. The molecule has 4 rings (SSSR count). The van der Waals surface area contributed by atoms with Crippen molar-refractivity contribution in [3.8, 4) is 0 Å². The second kappa shape index (κ2) is 17.3. The molecule has 4 aliphatic rings. The number of aliphatic hydroxyl groups is 1. The highest BCUT2D eigenvalue weighted by Gasteiger charge is 2.62. The summed E-state index contributed by atoms with van der Waals surface area (Å²) < 4.78 is 0. The number of carbonyl (C=O) groups excluding carboxylic acids is 1. The topological polar surface area (TPSA) is 151 Å². The fraction of sp³-hybridized carbons (Fsp3) is 0.946. The molecule has 4 aliphatic carbocycles. The normalized spacial score (nSPS) is 37.5. The number of fused-ring (bicyclic) bond motifs is 5. The van der Waals surface area contributed by atoms with Gasteiger partial charge in [-0.15, -0.1) is 0 Å². The number of rotatable bonds is 19. The predicted molar refractivity (Wildman–Crippen MR) is 190 cm³/mol. The Labute approximate surface area is 284 Å². The highest BCUT2D eigenvalue weighted by molar-refractivity contribution is 7.99. The third-order valence-electron chi connectivity index (χ3n) is 13.6. The maximum absolute atomic E-state index is 13.0. The number of ketones is 1. The maximum atomic E-state index is 13.0. The van der Waals surface area contributed by atoms with E-state index in [1.807, 2.05) is 6.92 Å². The summed E-state index contributed by atoms with van der Waals surface area (Å²) in [7, 11) is 0. The number of carboxylic acid groups (broad SMARTS) is 1. The Morgan fingerprint density at radius 1 is 0.935 bits per heavy atom. The minimum Gasteiger partial charge on any atom is -0.480 e. The van der Waals surface area contributed by atoms with Crippen LogP contribution in [0.3, 0.4) is 0 Å². The Bertz CT molecular complexity index is 987. The van der Waals surface area contributed by atoms with Crippen molar-refractivity contribution in [1.82, 2.24) is 10.6 Å². The average Bonchev–Trinajstić information content (AvgIpc) is 3.38. The van der Waals surface area contributed by atoms with E-state index in [-0.39, 0.29) is 23.2 Å². The largest absolute Gasteiger partial charge is 0.480 e. The third-order valence-corrected chi connectivity index (χ3v) is 14.9. The fourth-order valence-electron chi connectivity index (χ4n) is 10.8. The molecule has 8 N–H and O–H groups in total. The van der Waals surface area contributed by atoms with E-state index in [0.29, 0.717) is 64.9 Å². The Morgan fingerprint density at radius 2 is 1.65 bits per heavy atom. The van der Waals surface area contributed by atoms with Crippen LogP contribution in [0, 0.1) is 52.3 Å². The van der Waals surface area contributed by atoms with Crippen LogP contribution in [0.2, 0.25) is 0 Å². The minimum atomic E-state index is -0.989. The second-order valence-corrected chi connectivity index (χ2v) is 17.5. The van der Waals surface area contributed by atoms with E-state index in [1.165, 1.54) is 56.7 Å². The Hall–Kier alpha value is -0.710. The van der Waals surface area contributed by atoms with E-state index >= 15 is 0 Å². The number of hydrogen-bond acceptors (Lipinski definition) is 8. The molecule has 0 aromatic carbocycles. The zero-order chi connectivity index (χ0) is 33.5. The Kier molecular flexibility index (Phi) is 14.3.